The Bertz CT molecular complexity index is 3170. The van der Waals surface area contributed by atoms with Crippen LogP contribution in [0, 0.1) is 11.8 Å². The topological polar surface area (TPSA) is 110 Å². The molecule has 4 aliphatic carbocycles. The van der Waals surface area contributed by atoms with Gasteiger partial charge in [-0.1, -0.05) is 106 Å². The highest BCUT2D eigenvalue weighted by atomic mass is 35.5. The number of aliphatic carboxylic acids is 1. The van der Waals surface area contributed by atoms with Crippen LogP contribution in [0.5, 0.6) is 0 Å². The smallest absolute Gasteiger partial charge is 0.306 e. The van der Waals surface area contributed by atoms with Crippen LogP contribution < -0.4 is 28.3 Å². The number of aliphatic hydroxyl groups is 1. The molecule has 0 bridgehead atoms. The van der Waals surface area contributed by atoms with Crippen LogP contribution in [0.2, 0.25) is 0 Å². The molecule has 63 heavy (non-hydrogen) atoms. The van der Waals surface area contributed by atoms with Crippen molar-refractivity contribution in [2.75, 3.05) is 40.2 Å². The van der Waals surface area contributed by atoms with Crippen LogP contribution in [0.1, 0.15) is 197 Å². The summed E-state index contributed by atoms with van der Waals surface area (Å²) in [6, 6.07) is 31.9. The van der Waals surface area contributed by atoms with Crippen molar-refractivity contribution in [3.8, 4) is 0 Å². The minimum Gasteiger partial charge on any atom is -1.00 e. The van der Waals surface area contributed by atoms with E-state index in [0.717, 1.165) is 26.5 Å². The van der Waals surface area contributed by atoms with Gasteiger partial charge in [0.1, 0.15) is 35.2 Å². The molecule has 5 aliphatic rings. The van der Waals surface area contributed by atoms with Crippen LogP contribution in [0.25, 0.3) is 0 Å². The van der Waals surface area contributed by atoms with E-state index < -0.39 is 171 Å². The van der Waals surface area contributed by atoms with Crippen molar-refractivity contribution in [2.24, 2.45) is 11.8 Å². The lowest BCUT2D eigenvalue weighted by Crippen LogP contribution is -3.00. The van der Waals surface area contributed by atoms with E-state index in [1.807, 2.05) is 18.2 Å². The number of rotatable bonds is 8. The first-order valence-electron chi connectivity index (χ1n) is 39.2. The molecule has 10 heteroatoms. The van der Waals surface area contributed by atoms with Gasteiger partial charge >= 0.3 is 5.97 Å². The van der Waals surface area contributed by atoms with Crippen molar-refractivity contribution in [1.82, 2.24) is 0 Å². The molecule has 0 spiro atoms. The molecular formula is C53H79ClFO7P. The molecule has 7 nitrogen and oxygen atoms in total. The van der Waals surface area contributed by atoms with Crippen LogP contribution in [-0.4, -0.2) is 68.5 Å². The van der Waals surface area contributed by atoms with Crippen molar-refractivity contribution in [1.29, 1.82) is 0 Å². The minimum atomic E-state index is -3.54. The average Bonchev–Trinajstić information content (AvgIpc) is 0.839. The zero-order chi connectivity index (χ0) is 81.5. The van der Waals surface area contributed by atoms with E-state index in [0.29, 0.717) is 6.26 Å². The van der Waals surface area contributed by atoms with Gasteiger partial charge in [-0.05, 0) is 119 Å². The summed E-state index contributed by atoms with van der Waals surface area (Å²) in [5.41, 5.74) is -0.896. The van der Waals surface area contributed by atoms with Gasteiger partial charge in [0.15, 0.2) is 0 Å². The third-order valence-corrected chi connectivity index (χ3v) is 12.0. The molecule has 1 heterocycles. The number of carbonyl (C=O) groups excluding carboxylic acids is 2. The van der Waals surface area contributed by atoms with Gasteiger partial charge in [0, 0.05) is 86.7 Å². The lowest BCUT2D eigenvalue weighted by atomic mass is 9.90. The third-order valence-electron chi connectivity index (χ3n) is 7.61. The Labute approximate surface area is 444 Å². The van der Waals surface area contributed by atoms with Crippen molar-refractivity contribution < 1.29 is 107 Å². The molecule has 0 atom stereocenters. The zero-order valence-corrected chi connectivity index (χ0v) is 35.7. The van der Waals surface area contributed by atoms with E-state index in [1.165, 1.54) is 28.8 Å². The molecule has 8 rings (SSSR count). The lowest BCUT2D eigenvalue weighted by Gasteiger charge is -2.26. The predicted octanol–water partition coefficient (Wildman–Crippen LogP) is 8.78. The molecule has 352 valence electrons. The van der Waals surface area contributed by atoms with Gasteiger partial charge < -0.3 is 36.9 Å². The summed E-state index contributed by atoms with van der Waals surface area (Å²) in [6.07, 6.45) is -63.4. The number of alkyl halides is 1. The fraction of sp³-hybridized carbons (Fsp3) is 0.566. The van der Waals surface area contributed by atoms with Gasteiger partial charge in [0.05, 0.1) is 40.6 Å². The summed E-state index contributed by atoms with van der Waals surface area (Å²) < 4.78 is 323. The van der Waals surface area contributed by atoms with Crippen molar-refractivity contribution in [3.05, 3.63) is 103 Å². The Hall–Kier alpha value is -3.42. The second-order valence-electron chi connectivity index (χ2n) is 11.6. The number of aliphatic hydroxyl groups excluding tert-OH is 1. The Morgan fingerprint density at radius 3 is 1.48 bits per heavy atom. The minimum absolute atomic E-state index is 0. The Kier molecular flexibility index (Phi) is 12.2. The molecule has 1 aliphatic heterocycles. The second-order valence-corrected chi connectivity index (χ2v) is 15.3. The number of carboxylic acids is 1. The van der Waals surface area contributed by atoms with Crippen LogP contribution in [0.4, 0.5) is 4.39 Å². The molecular weight excluding hydrogens is 834 g/mol. The number of carbonyl (C=O) groups is 3. The Balaban J connectivity index is 0.000000632. The number of benzene rings is 3. The van der Waals surface area contributed by atoms with Crippen molar-refractivity contribution in [3.63, 3.8) is 0 Å². The number of hydrogen-bond donors (Lipinski definition) is 2. The van der Waals surface area contributed by atoms with E-state index >= 15 is 0 Å². The van der Waals surface area contributed by atoms with Gasteiger partial charge in [-0.15, -0.1) is 0 Å². The third kappa shape index (κ3) is 23.9. The second kappa shape index (κ2) is 37.9. The van der Waals surface area contributed by atoms with E-state index in [9.17, 15) is 23.9 Å². The number of hydrogen-bond acceptors (Lipinski definition) is 6. The highest BCUT2D eigenvalue weighted by Gasteiger charge is 2.44. The summed E-state index contributed by atoms with van der Waals surface area (Å²) in [5, 5.41) is 22.7. The summed E-state index contributed by atoms with van der Waals surface area (Å²) in [4.78, 5) is 33.4. The fourth-order valence-electron chi connectivity index (χ4n) is 4.99. The number of ketones is 1. The Morgan fingerprint density at radius 1 is 0.730 bits per heavy atom. The highest BCUT2D eigenvalue weighted by Crippen LogP contribution is 2.54. The van der Waals surface area contributed by atoms with E-state index in [1.54, 1.807) is 0 Å². The van der Waals surface area contributed by atoms with E-state index in [4.69, 9.17) is 66.0 Å². The van der Waals surface area contributed by atoms with Crippen LogP contribution in [0.15, 0.2) is 103 Å². The SMILES string of the molecule is C1CCOC1.OCC[P+](c1ccccc1)(c1ccccc1)c1ccccc1.[2H]C1([2H])C(=COC)C([2H])([2H])C([2H])([2H])C([2H])([2H])C1([2H])[2H].[2H]C1([2H])C(=O)C([2H])([2H])C([2H])([2H])C([2H])([2H])C1([2H])[2H].[2H]C1([2H])C(C(=O)O)C([2H])([2H])C([2H])([2H])C([2H])([2H])C1([2H])[2H].[2H]C1([2H])C(C=O)C([2H])([2H])C([2H])([2H])C([2H])([2H])C1([2H])[2H].[2H]CF.[Cl-]. The molecule has 0 aromatic heterocycles. The lowest BCUT2D eigenvalue weighted by molar-refractivity contribution is -0.142. The summed E-state index contributed by atoms with van der Waals surface area (Å²) in [6.45, 7) is 2.19. The molecule has 3 aromatic carbocycles. The first-order chi connectivity index (χ1) is 45.9. The first-order valence-corrected chi connectivity index (χ1v) is 20.4. The average molecular weight is 955 g/mol. The normalized spacial score (nSPS) is 42.9. The maximum Gasteiger partial charge on any atom is 0.306 e. The van der Waals surface area contributed by atoms with Gasteiger partial charge in [0.2, 0.25) is 0 Å². The predicted molar refractivity (Wildman–Crippen MR) is 257 cm³/mol. The van der Waals surface area contributed by atoms with Gasteiger partial charge in [-0.25, -0.2) is 0 Å². The van der Waals surface area contributed by atoms with E-state index in [2.05, 4.69) is 77.5 Å². The van der Waals surface area contributed by atoms with Gasteiger partial charge in [-0.3, -0.25) is 14.0 Å². The number of Topliss-reactive ketones (excluding diaryl/α,β-unsaturated/α-hetero) is 1. The monoisotopic (exact) mass is 954 g/mol. The molecule has 4 saturated carbocycles. The maximum atomic E-state index is 11.5. The molecule has 1 saturated heterocycles. The number of halogens is 2. The Morgan fingerprint density at radius 2 is 1.13 bits per heavy atom. The number of carboxylic acid groups (broad SMARTS) is 1. The number of aldehydes is 1. The largest absolute Gasteiger partial charge is 1.00 e. The van der Waals surface area contributed by atoms with Gasteiger partial charge in [0.25, 0.3) is 0 Å². The van der Waals surface area contributed by atoms with E-state index in [-0.39, 0.29) is 25.3 Å². The van der Waals surface area contributed by atoms with Crippen molar-refractivity contribution >= 4 is 41.2 Å². The fourth-order valence-corrected chi connectivity index (χ4v) is 9.00. The number of allylic oxidation sites excluding steroid dienone is 1. The summed E-state index contributed by atoms with van der Waals surface area (Å²) >= 11 is 0. The molecule has 2 N–H and O–H groups in total. The molecule has 0 unspecified atom stereocenters. The summed E-state index contributed by atoms with van der Waals surface area (Å²) in [7, 11) is -1.71. The van der Waals surface area contributed by atoms with Crippen LogP contribution in [0.3, 0.4) is 0 Å². The molecule has 0 amide bonds. The van der Waals surface area contributed by atoms with Gasteiger partial charge in [-0.2, -0.15) is 0 Å². The number of ether oxygens (including phenoxy) is 2. The molecule has 3 aromatic rings. The van der Waals surface area contributed by atoms with Crippen LogP contribution >= 0.6 is 7.26 Å². The molecule has 0 radical (unpaired) electrons. The van der Waals surface area contributed by atoms with Crippen LogP contribution in [-0.2, 0) is 23.9 Å². The standard InChI is InChI=1S/C20H20OP.C8H14O.C7H12O2.C7H12O.C6H10O.C4H8O.CH3F.ClH/c21-16-17-22(18-10-4-1-5-11-18,19-12-6-2-7-13-19)20-14-8-3-9-15-20;1-9-7-8-5-3-2-4-6-8;8-7(9)6-4-2-1-3-5-6;8-6-7-4-2-1-3-5-7;7-6-4-2-1-3-5-6;1-2-4-5-3-1;1-2;/h1-15,21H,16-17H2;7H,2-6H2,1H3;6H,1-5H2,(H,8,9);6-7H,1-5H2;1-5H2;1-4H2;1H3;1H/q+1;;;;;;;/p-1/i;2D2,3D2,4D2,5D2,6D2;3*1D2,2D2,3D2,4D2,5D2;;1D;. The zero-order valence-electron chi connectivity index (χ0n) is 75.1. The first kappa shape index (κ1) is 20.2. The molecule has 5 fully saturated rings. The summed E-state index contributed by atoms with van der Waals surface area (Å²) in [5.74, 6) is -8.89. The van der Waals surface area contributed by atoms with Crippen molar-refractivity contribution in [2.45, 2.75) is 140 Å². The maximum absolute atomic E-state index is 11.5. The number of methoxy groups -OCH3 is 1. The quantitative estimate of drug-likeness (QED) is 0.132. The highest BCUT2D eigenvalue weighted by molar-refractivity contribution is 7.95.